The Labute approximate surface area is 363 Å². The molecule has 0 heterocycles. The maximum absolute atomic E-state index is 12.7. The summed E-state index contributed by atoms with van der Waals surface area (Å²) in [6.07, 6.45) is 60.4. The Bertz CT molecular complexity index is 1170. The van der Waals surface area contributed by atoms with E-state index in [0.717, 1.165) is 57.8 Å². The molecule has 0 N–H and O–H groups in total. The Kier molecular flexibility index (Phi) is 44.5. The third kappa shape index (κ3) is 45.5. The Morgan fingerprint density at radius 2 is 0.746 bits per heavy atom. The van der Waals surface area contributed by atoms with E-state index in [-0.39, 0.29) is 38.0 Å². The monoisotopic (exact) mass is 821 g/mol. The summed E-state index contributed by atoms with van der Waals surface area (Å²) in [6.45, 7) is 6.34. The number of allylic oxidation sites excluding steroid dienone is 13. The average molecular weight is 821 g/mol. The fourth-order valence-electron chi connectivity index (χ4n) is 6.28. The largest absolute Gasteiger partial charge is 0.462 e. The molecule has 0 saturated heterocycles. The topological polar surface area (TPSA) is 78.9 Å². The van der Waals surface area contributed by atoms with E-state index < -0.39 is 12.1 Å². The van der Waals surface area contributed by atoms with Crippen LogP contribution in [0.5, 0.6) is 0 Å². The van der Waals surface area contributed by atoms with Crippen molar-refractivity contribution in [2.45, 2.75) is 219 Å². The molecule has 0 bridgehead atoms. The molecule has 0 aliphatic rings. The maximum Gasteiger partial charge on any atom is 0.309 e. The Balaban J connectivity index is 4.49. The van der Waals surface area contributed by atoms with E-state index in [1.165, 1.54) is 109 Å². The van der Waals surface area contributed by atoms with Crippen LogP contribution in [0.2, 0.25) is 0 Å². The minimum Gasteiger partial charge on any atom is -0.462 e. The first kappa shape index (κ1) is 55.6. The second-order valence-corrected chi connectivity index (χ2v) is 15.6. The third-order valence-corrected chi connectivity index (χ3v) is 9.89. The van der Waals surface area contributed by atoms with Gasteiger partial charge in [0.25, 0.3) is 0 Å². The van der Waals surface area contributed by atoms with Gasteiger partial charge in [-0.1, -0.05) is 189 Å². The molecule has 336 valence electrons. The molecule has 0 aliphatic carbocycles. The zero-order valence-electron chi connectivity index (χ0n) is 38.2. The van der Waals surface area contributed by atoms with Crippen molar-refractivity contribution >= 4 is 17.9 Å². The van der Waals surface area contributed by atoms with Crippen molar-refractivity contribution in [1.29, 1.82) is 0 Å². The normalized spacial score (nSPS) is 12.8. The van der Waals surface area contributed by atoms with Gasteiger partial charge in [-0.05, 0) is 89.9 Å². The quantitative estimate of drug-likeness (QED) is 0.0264. The van der Waals surface area contributed by atoms with Gasteiger partial charge in [-0.15, -0.1) is 0 Å². The van der Waals surface area contributed by atoms with E-state index in [9.17, 15) is 14.4 Å². The lowest BCUT2D eigenvalue weighted by atomic mass is 10.1. The highest BCUT2D eigenvalue weighted by molar-refractivity contribution is 5.72. The molecule has 0 rings (SSSR count). The zero-order valence-corrected chi connectivity index (χ0v) is 38.2. The minimum absolute atomic E-state index is 0.125. The molecule has 1 atom stereocenters. The van der Waals surface area contributed by atoms with Gasteiger partial charge in [0.1, 0.15) is 13.2 Å². The van der Waals surface area contributed by atoms with Crippen LogP contribution in [-0.2, 0) is 28.6 Å². The fourth-order valence-corrected chi connectivity index (χ4v) is 6.28. The molecule has 0 saturated carbocycles. The van der Waals surface area contributed by atoms with Gasteiger partial charge in [0.2, 0.25) is 0 Å². The summed E-state index contributed by atoms with van der Waals surface area (Å²) in [7, 11) is 0. The van der Waals surface area contributed by atoms with Crippen LogP contribution in [0.3, 0.4) is 0 Å². The van der Waals surface area contributed by atoms with E-state index >= 15 is 0 Å². The molecule has 0 aromatic rings. The number of hydrogen-bond donors (Lipinski definition) is 0. The van der Waals surface area contributed by atoms with Crippen molar-refractivity contribution in [2.24, 2.45) is 0 Å². The Morgan fingerprint density at radius 3 is 1.27 bits per heavy atom. The minimum atomic E-state index is -0.832. The smallest absolute Gasteiger partial charge is 0.309 e. The highest BCUT2D eigenvalue weighted by Gasteiger charge is 2.19. The second-order valence-electron chi connectivity index (χ2n) is 15.6. The maximum atomic E-state index is 12.7. The van der Waals surface area contributed by atoms with Gasteiger partial charge >= 0.3 is 17.9 Å². The molecular weight excluding hydrogens is 733 g/mol. The number of esters is 3. The van der Waals surface area contributed by atoms with Gasteiger partial charge in [-0.25, -0.2) is 0 Å². The molecule has 0 aliphatic heterocycles. The number of carbonyl (C=O) groups is 3. The van der Waals surface area contributed by atoms with E-state index in [1.54, 1.807) is 6.08 Å². The number of hydrogen-bond acceptors (Lipinski definition) is 6. The Morgan fingerprint density at radius 1 is 0.373 bits per heavy atom. The molecule has 0 amide bonds. The van der Waals surface area contributed by atoms with E-state index in [1.807, 2.05) is 6.08 Å². The van der Waals surface area contributed by atoms with Crippen LogP contribution in [0.1, 0.15) is 213 Å². The molecule has 0 spiro atoms. The second kappa shape index (κ2) is 47.3. The first-order valence-corrected chi connectivity index (χ1v) is 24.1. The fraction of sp³-hybridized carbons (Fsp3) is 0.679. The van der Waals surface area contributed by atoms with Crippen LogP contribution in [0, 0.1) is 0 Å². The Hall–Kier alpha value is -3.41. The molecular formula is C53H88O6. The highest BCUT2D eigenvalue weighted by Crippen LogP contribution is 2.13. The summed E-state index contributed by atoms with van der Waals surface area (Å²) in [6, 6.07) is 0. The van der Waals surface area contributed by atoms with Gasteiger partial charge < -0.3 is 14.2 Å². The molecule has 6 nitrogen and oxygen atoms in total. The van der Waals surface area contributed by atoms with Crippen molar-refractivity contribution < 1.29 is 28.6 Å². The standard InChI is InChI=1S/C53H88O6/c1-4-7-10-13-16-19-21-23-25-26-28-29-31-34-37-40-43-46-52(55)58-49-50(48-57-51(54)45-42-39-36-33-18-15-12-9-6-3)59-53(56)47-44-41-38-35-32-30-27-24-22-20-17-14-11-8-5-2/h9,12,18,20,22-23,25,28-29,33-34,37,39,42,50H,4-8,10-11,13-17,19,21,24,26-27,30-32,35-36,38,40-41,43-49H2,1-3H3/b12-9-,22-20-,25-23-,29-28-,33-18-,37-34-,42-39-. The average Bonchev–Trinajstić information content (AvgIpc) is 3.23. The van der Waals surface area contributed by atoms with Gasteiger partial charge in [-0.2, -0.15) is 0 Å². The van der Waals surface area contributed by atoms with Crippen LogP contribution < -0.4 is 0 Å². The first-order chi connectivity index (χ1) is 29.0. The van der Waals surface area contributed by atoms with Crippen LogP contribution in [0.4, 0.5) is 0 Å². The number of rotatable bonds is 42. The molecule has 1 unspecified atom stereocenters. The SMILES string of the molecule is CC/C=C\C/C=C\C/C=C\CC(=O)OCC(COC(=O)CCC/C=C\C/C=C\C/C=C\CCCCCCCC)OC(=O)CCCCCCCCC/C=C\CCCCCC. The van der Waals surface area contributed by atoms with Crippen molar-refractivity contribution in [3.05, 3.63) is 85.1 Å². The van der Waals surface area contributed by atoms with Crippen molar-refractivity contribution in [2.75, 3.05) is 13.2 Å². The number of unbranched alkanes of at least 4 members (excludes halogenated alkanes) is 18. The van der Waals surface area contributed by atoms with Crippen LogP contribution >= 0.6 is 0 Å². The molecule has 0 aromatic carbocycles. The van der Waals surface area contributed by atoms with Crippen molar-refractivity contribution in [3.63, 3.8) is 0 Å². The van der Waals surface area contributed by atoms with E-state index in [0.29, 0.717) is 12.8 Å². The number of ether oxygens (including phenoxy) is 3. The lowest BCUT2D eigenvalue weighted by molar-refractivity contribution is -0.166. The first-order valence-electron chi connectivity index (χ1n) is 24.1. The van der Waals surface area contributed by atoms with Crippen LogP contribution in [-0.4, -0.2) is 37.2 Å². The van der Waals surface area contributed by atoms with E-state index in [4.69, 9.17) is 14.2 Å². The summed E-state index contributed by atoms with van der Waals surface area (Å²) in [5.41, 5.74) is 0. The highest BCUT2D eigenvalue weighted by atomic mass is 16.6. The van der Waals surface area contributed by atoms with Crippen molar-refractivity contribution in [1.82, 2.24) is 0 Å². The summed E-state index contributed by atoms with van der Waals surface area (Å²) >= 11 is 0. The van der Waals surface area contributed by atoms with Crippen LogP contribution in [0.15, 0.2) is 85.1 Å². The summed E-state index contributed by atoms with van der Waals surface area (Å²) in [4.78, 5) is 37.7. The van der Waals surface area contributed by atoms with Gasteiger partial charge in [0.05, 0.1) is 6.42 Å². The molecule has 6 heteroatoms. The van der Waals surface area contributed by atoms with Gasteiger partial charge in [0.15, 0.2) is 6.10 Å². The summed E-state index contributed by atoms with van der Waals surface area (Å²) in [5.74, 6) is -1.12. The lowest BCUT2D eigenvalue weighted by Gasteiger charge is -2.18. The summed E-state index contributed by atoms with van der Waals surface area (Å²) < 4.78 is 16.6. The van der Waals surface area contributed by atoms with Crippen molar-refractivity contribution in [3.8, 4) is 0 Å². The lowest BCUT2D eigenvalue weighted by Crippen LogP contribution is -2.30. The van der Waals surface area contributed by atoms with Gasteiger partial charge in [0, 0.05) is 12.8 Å². The summed E-state index contributed by atoms with van der Waals surface area (Å²) in [5, 5.41) is 0. The molecule has 59 heavy (non-hydrogen) atoms. The predicted octanol–water partition coefficient (Wildman–Crippen LogP) is 15.6. The molecule has 0 aromatic heterocycles. The predicted molar refractivity (Wildman–Crippen MR) is 251 cm³/mol. The van der Waals surface area contributed by atoms with Crippen LogP contribution in [0.25, 0.3) is 0 Å². The third-order valence-electron chi connectivity index (χ3n) is 9.89. The molecule has 0 radical (unpaired) electrons. The molecule has 0 fully saturated rings. The van der Waals surface area contributed by atoms with E-state index in [2.05, 4.69) is 93.7 Å². The zero-order chi connectivity index (χ0) is 43.0. The van der Waals surface area contributed by atoms with Gasteiger partial charge in [-0.3, -0.25) is 14.4 Å². The number of carbonyl (C=O) groups excluding carboxylic acids is 3.